The van der Waals surface area contributed by atoms with Crippen LogP contribution in [0.15, 0.2) is 23.0 Å². The molecular weight excluding hydrogens is 192 g/mol. The maximum atomic E-state index is 11.6. The van der Waals surface area contributed by atoms with Crippen LogP contribution in [0.2, 0.25) is 0 Å². The molecule has 0 aliphatic rings. The lowest BCUT2D eigenvalue weighted by molar-refractivity contribution is 0.340. The molecule has 0 N–H and O–H groups in total. The van der Waals surface area contributed by atoms with Crippen LogP contribution >= 0.6 is 0 Å². The Morgan fingerprint density at radius 1 is 1.20 bits per heavy atom. The first-order valence-electron chi connectivity index (χ1n) is 4.93. The smallest absolute Gasteiger partial charge is 0.328 e. The summed E-state index contributed by atoms with van der Waals surface area (Å²) in [5.74, 6) is 0.797. The Labute approximate surface area is 87.7 Å². The molecule has 1 aromatic heterocycles. The van der Waals surface area contributed by atoms with Crippen LogP contribution in [-0.4, -0.2) is 15.7 Å². The van der Waals surface area contributed by atoms with Crippen LogP contribution in [0.5, 0.6) is 5.75 Å². The lowest BCUT2D eigenvalue weighted by Crippen LogP contribution is -2.19. The molecule has 0 aliphatic carbocycles. The first kappa shape index (κ1) is 9.83. The molecule has 4 heteroatoms. The number of imidazole rings is 1. The highest BCUT2D eigenvalue weighted by molar-refractivity contribution is 5.77. The number of benzene rings is 1. The van der Waals surface area contributed by atoms with Gasteiger partial charge in [0.05, 0.1) is 17.6 Å². The summed E-state index contributed by atoms with van der Waals surface area (Å²) in [5.41, 5.74) is 1.80. The SMILES string of the molecule is CCOc1ccc2c(c1)n(C)c(=O)n2C. The minimum Gasteiger partial charge on any atom is -0.494 e. The van der Waals surface area contributed by atoms with Crippen molar-refractivity contribution < 1.29 is 4.74 Å². The summed E-state index contributed by atoms with van der Waals surface area (Å²) in [6, 6.07) is 5.67. The quantitative estimate of drug-likeness (QED) is 0.742. The molecule has 0 spiro atoms. The first-order chi connectivity index (χ1) is 7.15. The van der Waals surface area contributed by atoms with Crippen molar-refractivity contribution in [1.29, 1.82) is 0 Å². The number of hydrogen-bond acceptors (Lipinski definition) is 2. The molecule has 0 fully saturated rings. The maximum absolute atomic E-state index is 11.6. The van der Waals surface area contributed by atoms with Gasteiger partial charge in [-0.3, -0.25) is 9.13 Å². The zero-order valence-corrected chi connectivity index (χ0v) is 9.15. The van der Waals surface area contributed by atoms with Crippen molar-refractivity contribution in [3.8, 4) is 5.75 Å². The highest BCUT2D eigenvalue weighted by Crippen LogP contribution is 2.19. The zero-order chi connectivity index (χ0) is 11.0. The van der Waals surface area contributed by atoms with Crippen molar-refractivity contribution in [3.63, 3.8) is 0 Å². The Bertz CT molecular complexity index is 551. The van der Waals surface area contributed by atoms with E-state index in [1.165, 1.54) is 0 Å². The Morgan fingerprint density at radius 3 is 2.53 bits per heavy atom. The molecule has 0 amide bonds. The van der Waals surface area contributed by atoms with Gasteiger partial charge in [-0.1, -0.05) is 0 Å². The van der Waals surface area contributed by atoms with E-state index in [1.54, 1.807) is 23.2 Å². The van der Waals surface area contributed by atoms with Crippen LogP contribution in [0, 0.1) is 0 Å². The molecule has 1 aromatic carbocycles. The number of aryl methyl sites for hydroxylation is 2. The Hall–Kier alpha value is -1.71. The van der Waals surface area contributed by atoms with Crippen LogP contribution in [0.4, 0.5) is 0 Å². The van der Waals surface area contributed by atoms with Gasteiger partial charge in [0.25, 0.3) is 0 Å². The van der Waals surface area contributed by atoms with E-state index >= 15 is 0 Å². The van der Waals surface area contributed by atoms with Crippen LogP contribution in [-0.2, 0) is 14.1 Å². The third-order valence-electron chi connectivity index (χ3n) is 2.55. The summed E-state index contributed by atoms with van der Waals surface area (Å²) in [6.45, 7) is 2.57. The van der Waals surface area contributed by atoms with Crippen molar-refractivity contribution >= 4 is 11.0 Å². The van der Waals surface area contributed by atoms with Crippen LogP contribution in [0.3, 0.4) is 0 Å². The number of fused-ring (bicyclic) bond motifs is 1. The molecule has 0 radical (unpaired) electrons. The summed E-state index contributed by atoms with van der Waals surface area (Å²) < 4.78 is 8.65. The second kappa shape index (κ2) is 3.46. The van der Waals surface area contributed by atoms with Crippen LogP contribution < -0.4 is 10.4 Å². The number of ether oxygens (including phenoxy) is 1. The summed E-state index contributed by atoms with van der Waals surface area (Å²) in [5, 5.41) is 0. The minimum absolute atomic E-state index is 0.0151. The number of hydrogen-bond donors (Lipinski definition) is 0. The van der Waals surface area contributed by atoms with Gasteiger partial charge in [-0.15, -0.1) is 0 Å². The van der Waals surface area contributed by atoms with E-state index < -0.39 is 0 Å². The van der Waals surface area contributed by atoms with Crippen LogP contribution in [0.25, 0.3) is 11.0 Å². The van der Waals surface area contributed by atoms with E-state index in [1.807, 2.05) is 25.1 Å². The third-order valence-corrected chi connectivity index (χ3v) is 2.55. The Balaban J connectivity index is 2.71. The van der Waals surface area contributed by atoms with Crippen molar-refractivity contribution in [2.24, 2.45) is 14.1 Å². The number of nitrogens with zero attached hydrogens (tertiary/aromatic N) is 2. The Morgan fingerprint density at radius 2 is 1.87 bits per heavy atom. The normalized spacial score (nSPS) is 10.9. The molecule has 0 atom stereocenters. The summed E-state index contributed by atoms with van der Waals surface area (Å²) in [4.78, 5) is 11.6. The second-order valence-electron chi connectivity index (χ2n) is 3.48. The summed E-state index contributed by atoms with van der Waals surface area (Å²) >= 11 is 0. The molecule has 0 saturated carbocycles. The molecule has 2 rings (SSSR count). The van der Waals surface area contributed by atoms with E-state index in [4.69, 9.17) is 4.74 Å². The lowest BCUT2D eigenvalue weighted by Gasteiger charge is -2.02. The van der Waals surface area contributed by atoms with Crippen molar-refractivity contribution in [3.05, 3.63) is 28.7 Å². The molecule has 0 aliphatic heterocycles. The van der Waals surface area contributed by atoms with E-state index in [0.29, 0.717) is 6.61 Å². The average Bonchev–Trinajstić information content (AvgIpc) is 2.45. The maximum Gasteiger partial charge on any atom is 0.328 e. The second-order valence-corrected chi connectivity index (χ2v) is 3.48. The summed E-state index contributed by atoms with van der Waals surface area (Å²) in [6.07, 6.45) is 0. The monoisotopic (exact) mass is 206 g/mol. The van der Waals surface area contributed by atoms with Gasteiger partial charge in [-0.25, -0.2) is 4.79 Å². The molecule has 0 bridgehead atoms. The summed E-state index contributed by atoms with van der Waals surface area (Å²) in [7, 11) is 3.53. The topological polar surface area (TPSA) is 36.2 Å². The van der Waals surface area contributed by atoms with Gasteiger partial charge in [0.2, 0.25) is 0 Å². The van der Waals surface area contributed by atoms with Crippen molar-refractivity contribution in [1.82, 2.24) is 9.13 Å². The molecule has 1 heterocycles. The van der Waals surface area contributed by atoms with E-state index in [2.05, 4.69) is 0 Å². The van der Waals surface area contributed by atoms with Gasteiger partial charge in [-0.05, 0) is 19.1 Å². The first-order valence-corrected chi connectivity index (χ1v) is 4.93. The molecule has 15 heavy (non-hydrogen) atoms. The zero-order valence-electron chi connectivity index (χ0n) is 9.15. The molecule has 4 nitrogen and oxygen atoms in total. The minimum atomic E-state index is -0.0151. The van der Waals surface area contributed by atoms with Crippen molar-refractivity contribution in [2.45, 2.75) is 6.92 Å². The van der Waals surface area contributed by atoms with E-state index in [-0.39, 0.29) is 5.69 Å². The fourth-order valence-corrected chi connectivity index (χ4v) is 1.74. The molecule has 2 aromatic rings. The molecule has 0 saturated heterocycles. The average molecular weight is 206 g/mol. The molecule has 80 valence electrons. The van der Waals surface area contributed by atoms with Crippen molar-refractivity contribution in [2.75, 3.05) is 6.61 Å². The lowest BCUT2D eigenvalue weighted by atomic mass is 10.3. The predicted molar refractivity (Wildman–Crippen MR) is 59.3 cm³/mol. The number of aromatic nitrogens is 2. The van der Waals surface area contributed by atoms with Gasteiger partial charge in [0, 0.05) is 20.2 Å². The van der Waals surface area contributed by atoms with E-state index in [9.17, 15) is 4.79 Å². The molecule has 0 unspecified atom stereocenters. The van der Waals surface area contributed by atoms with Gasteiger partial charge in [-0.2, -0.15) is 0 Å². The van der Waals surface area contributed by atoms with Gasteiger partial charge < -0.3 is 4.74 Å². The standard InChI is InChI=1S/C11H14N2O2/c1-4-15-8-5-6-9-10(7-8)13(3)11(14)12(9)2/h5-7H,4H2,1-3H3. The fourth-order valence-electron chi connectivity index (χ4n) is 1.74. The van der Waals surface area contributed by atoms with Gasteiger partial charge in [0.15, 0.2) is 0 Å². The van der Waals surface area contributed by atoms with Gasteiger partial charge in [0.1, 0.15) is 5.75 Å². The molecular formula is C11H14N2O2. The predicted octanol–water partition coefficient (Wildman–Crippen LogP) is 1.28. The fraction of sp³-hybridized carbons (Fsp3) is 0.364. The van der Waals surface area contributed by atoms with E-state index in [0.717, 1.165) is 16.8 Å². The highest BCUT2D eigenvalue weighted by atomic mass is 16.5. The van der Waals surface area contributed by atoms with Crippen LogP contribution in [0.1, 0.15) is 6.92 Å². The largest absolute Gasteiger partial charge is 0.494 e. The third kappa shape index (κ3) is 1.42. The number of rotatable bonds is 2. The van der Waals surface area contributed by atoms with Gasteiger partial charge >= 0.3 is 5.69 Å². The Kier molecular flexibility index (Phi) is 2.26. The highest BCUT2D eigenvalue weighted by Gasteiger charge is 2.07.